The summed E-state index contributed by atoms with van der Waals surface area (Å²) >= 11 is 0. The van der Waals surface area contributed by atoms with Gasteiger partial charge >= 0.3 is 0 Å². The van der Waals surface area contributed by atoms with Crippen molar-refractivity contribution in [3.8, 4) is 5.75 Å². The van der Waals surface area contributed by atoms with E-state index in [9.17, 15) is 4.39 Å². The fourth-order valence-corrected chi connectivity index (χ4v) is 3.29. The van der Waals surface area contributed by atoms with E-state index < -0.39 is 0 Å². The predicted molar refractivity (Wildman–Crippen MR) is 106 cm³/mol. The van der Waals surface area contributed by atoms with Crippen LogP contribution in [-0.4, -0.2) is 61.3 Å². The van der Waals surface area contributed by atoms with Gasteiger partial charge in [-0.1, -0.05) is 18.1 Å². The molecule has 3 rings (SSSR count). The van der Waals surface area contributed by atoms with Crippen LogP contribution in [0.2, 0.25) is 0 Å². The number of guanidine groups is 1. The van der Waals surface area contributed by atoms with E-state index in [1.807, 2.05) is 19.1 Å². The van der Waals surface area contributed by atoms with Crippen LogP contribution in [0.1, 0.15) is 23.9 Å². The van der Waals surface area contributed by atoms with Crippen LogP contribution in [0.4, 0.5) is 4.39 Å². The molecule has 28 heavy (non-hydrogen) atoms. The van der Waals surface area contributed by atoms with Crippen LogP contribution in [-0.2, 0) is 19.5 Å². The van der Waals surface area contributed by atoms with Crippen molar-refractivity contribution in [2.24, 2.45) is 4.99 Å². The summed E-state index contributed by atoms with van der Waals surface area (Å²) < 4.78 is 24.2. The summed E-state index contributed by atoms with van der Waals surface area (Å²) in [6.45, 7) is 6.81. The number of benzene rings is 1. The monoisotopic (exact) mass is 389 g/mol. The first-order valence-electron chi connectivity index (χ1n) is 9.57. The number of methoxy groups -OCH3 is 1. The van der Waals surface area contributed by atoms with Crippen molar-refractivity contribution in [2.45, 2.75) is 26.4 Å². The lowest BCUT2D eigenvalue weighted by molar-refractivity contribution is 0.172. The Morgan fingerprint density at radius 1 is 1.29 bits per heavy atom. The lowest BCUT2D eigenvalue weighted by Crippen LogP contribution is -2.52. The first-order chi connectivity index (χ1) is 13.6. The van der Waals surface area contributed by atoms with Gasteiger partial charge in [0, 0.05) is 45.8 Å². The highest BCUT2D eigenvalue weighted by molar-refractivity contribution is 5.79. The Labute approximate surface area is 165 Å². The Bertz CT molecular complexity index is 800. The molecule has 0 atom stereocenters. The Morgan fingerprint density at radius 2 is 2.07 bits per heavy atom. The van der Waals surface area contributed by atoms with Gasteiger partial charge in [-0.05, 0) is 24.1 Å². The molecule has 2 aromatic rings. The highest BCUT2D eigenvalue weighted by Gasteiger charge is 2.20. The average molecular weight is 389 g/mol. The van der Waals surface area contributed by atoms with Gasteiger partial charge in [0.15, 0.2) is 23.3 Å². The summed E-state index contributed by atoms with van der Waals surface area (Å²) in [5.74, 6) is 1.62. The molecule has 0 spiro atoms. The zero-order valence-corrected chi connectivity index (χ0v) is 16.7. The van der Waals surface area contributed by atoms with Gasteiger partial charge < -0.3 is 19.5 Å². The van der Waals surface area contributed by atoms with Gasteiger partial charge in [0.1, 0.15) is 0 Å². The highest BCUT2D eigenvalue weighted by Crippen LogP contribution is 2.19. The fourth-order valence-electron chi connectivity index (χ4n) is 3.29. The summed E-state index contributed by atoms with van der Waals surface area (Å²) in [5.41, 5.74) is 1.90. The van der Waals surface area contributed by atoms with Gasteiger partial charge in [-0.2, -0.15) is 0 Å². The normalized spacial score (nSPS) is 15.7. The van der Waals surface area contributed by atoms with Crippen LogP contribution in [0.5, 0.6) is 5.75 Å². The van der Waals surface area contributed by atoms with E-state index in [0.717, 1.165) is 62.1 Å². The first kappa shape index (κ1) is 20.1. The minimum Gasteiger partial charge on any atom is -0.494 e. The van der Waals surface area contributed by atoms with Gasteiger partial charge in [0.2, 0.25) is 0 Å². The maximum absolute atomic E-state index is 13.9. The molecule has 0 amide bonds. The third kappa shape index (κ3) is 5.01. The van der Waals surface area contributed by atoms with Crippen molar-refractivity contribution in [1.82, 2.24) is 20.3 Å². The largest absolute Gasteiger partial charge is 0.494 e. The van der Waals surface area contributed by atoms with Crippen LogP contribution in [0.3, 0.4) is 0 Å². The molecular weight excluding hydrogens is 361 g/mol. The molecule has 1 aromatic carbocycles. The zero-order chi connectivity index (χ0) is 19.9. The molecular formula is C20H28FN5O2. The molecule has 0 saturated carbocycles. The molecule has 0 bridgehead atoms. The molecule has 1 aliphatic heterocycles. The maximum Gasteiger partial charge on any atom is 0.194 e. The van der Waals surface area contributed by atoms with E-state index in [-0.39, 0.29) is 11.6 Å². The van der Waals surface area contributed by atoms with Crippen molar-refractivity contribution >= 4 is 5.96 Å². The van der Waals surface area contributed by atoms with Crippen LogP contribution < -0.4 is 10.1 Å². The van der Waals surface area contributed by atoms with Gasteiger partial charge in [0.25, 0.3) is 0 Å². The SMILES string of the molecule is CCc1cc(CNC(=NC)N2CCN(Cc3ccc(OC)c(F)c3)CC2)on1. The molecule has 2 heterocycles. The molecule has 1 aliphatic rings. The Morgan fingerprint density at radius 3 is 2.68 bits per heavy atom. The van der Waals surface area contributed by atoms with E-state index in [1.54, 1.807) is 19.2 Å². The average Bonchev–Trinajstić information content (AvgIpc) is 3.18. The topological polar surface area (TPSA) is 66.1 Å². The smallest absolute Gasteiger partial charge is 0.194 e. The van der Waals surface area contributed by atoms with Crippen molar-refractivity contribution < 1.29 is 13.7 Å². The zero-order valence-electron chi connectivity index (χ0n) is 16.7. The quantitative estimate of drug-likeness (QED) is 0.604. The second kappa shape index (κ2) is 9.54. The van der Waals surface area contributed by atoms with Crippen LogP contribution in [0, 0.1) is 5.82 Å². The van der Waals surface area contributed by atoms with Crippen molar-refractivity contribution in [1.29, 1.82) is 0 Å². The number of ether oxygens (including phenoxy) is 1. The number of piperazine rings is 1. The van der Waals surface area contributed by atoms with Crippen molar-refractivity contribution in [2.75, 3.05) is 40.3 Å². The molecule has 0 aliphatic carbocycles. The number of aliphatic imine (C=N–C) groups is 1. The van der Waals surface area contributed by atoms with Crippen molar-refractivity contribution in [3.63, 3.8) is 0 Å². The van der Waals surface area contributed by atoms with Crippen LogP contribution in [0.15, 0.2) is 33.8 Å². The number of rotatable bonds is 6. The van der Waals surface area contributed by atoms with E-state index >= 15 is 0 Å². The van der Waals surface area contributed by atoms with E-state index in [2.05, 4.69) is 25.3 Å². The highest BCUT2D eigenvalue weighted by atomic mass is 19.1. The summed E-state index contributed by atoms with van der Waals surface area (Å²) in [5, 5.41) is 7.35. The number of aromatic nitrogens is 1. The minimum absolute atomic E-state index is 0.279. The van der Waals surface area contributed by atoms with Gasteiger partial charge in [-0.25, -0.2) is 4.39 Å². The van der Waals surface area contributed by atoms with Crippen LogP contribution in [0.25, 0.3) is 0 Å². The van der Waals surface area contributed by atoms with E-state index in [1.165, 1.54) is 7.11 Å². The fraction of sp³-hybridized carbons (Fsp3) is 0.500. The van der Waals surface area contributed by atoms with E-state index in [4.69, 9.17) is 9.26 Å². The third-order valence-electron chi connectivity index (χ3n) is 4.90. The minimum atomic E-state index is -0.318. The number of halogens is 1. The summed E-state index contributed by atoms with van der Waals surface area (Å²) in [4.78, 5) is 8.92. The predicted octanol–water partition coefficient (Wildman–Crippen LogP) is 2.28. The maximum atomic E-state index is 13.9. The summed E-state index contributed by atoms with van der Waals surface area (Å²) in [6, 6.07) is 7.11. The number of hydrogen-bond acceptors (Lipinski definition) is 5. The molecule has 0 unspecified atom stereocenters. The van der Waals surface area contributed by atoms with Gasteiger partial charge in [-0.15, -0.1) is 0 Å². The summed E-state index contributed by atoms with van der Waals surface area (Å²) in [7, 11) is 3.26. The molecule has 1 aromatic heterocycles. The molecule has 1 saturated heterocycles. The molecule has 1 fully saturated rings. The number of nitrogens with zero attached hydrogens (tertiary/aromatic N) is 4. The molecule has 152 valence electrons. The van der Waals surface area contributed by atoms with Gasteiger partial charge in [-0.3, -0.25) is 9.89 Å². The molecule has 8 heteroatoms. The number of nitrogens with one attached hydrogen (secondary N) is 1. The second-order valence-electron chi connectivity index (χ2n) is 6.77. The number of aryl methyl sites for hydroxylation is 1. The van der Waals surface area contributed by atoms with Crippen molar-refractivity contribution in [3.05, 3.63) is 47.1 Å². The lowest BCUT2D eigenvalue weighted by atomic mass is 10.2. The van der Waals surface area contributed by atoms with Crippen LogP contribution >= 0.6 is 0 Å². The molecule has 0 radical (unpaired) electrons. The Kier molecular flexibility index (Phi) is 6.86. The first-order valence-corrected chi connectivity index (χ1v) is 9.57. The molecule has 1 N–H and O–H groups in total. The molecule has 7 nitrogen and oxygen atoms in total. The number of hydrogen-bond donors (Lipinski definition) is 1. The third-order valence-corrected chi connectivity index (χ3v) is 4.90. The summed E-state index contributed by atoms with van der Waals surface area (Å²) in [6.07, 6.45) is 0.859. The van der Waals surface area contributed by atoms with E-state index in [0.29, 0.717) is 6.54 Å². The Hall–Kier alpha value is -2.61. The Balaban J connectivity index is 1.48. The standard InChI is InChI=1S/C20H28FN5O2/c1-4-16-12-17(28-24-16)13-23-20(22-2)26-9-7-25(8-10-26)14-15-5-6-19(27-3)18(21)11-15/h5-6,11-12H,4,7-10,13-14H2,1-3H3,(H,22,23). The second-order valence-corrected chi connectivity index (χ2v) is 6.77. The van der Waals surface area contributed by atoms with Gasteiger partial charge in [0.05, 0.1) is 19.3 Å². The lowest BCUT2D eigenvalue weighted by Gasteiger charge is -2.36.